The lowest BCUT2D eigenvalue weighted by atomic mass is 10.1. The van der Waals surface area contributed by atoms with Gasteiger partial charge in [-0.15, -0.1) is 0 Å². The summed E-state index contributed by atoms with van der Waals surface area (Å²) in [7, 11) is 0. The van der Waals surface area contributed by atoms with Crippen LogP contribution in [0.3, 0.4) is 0 Å². The van der Waals surface area contributed by atoms with Gasteiger partial charge in [-0.3, -0.25) is 4.79 Å². The van der Waals surface area contributed by atoms with E-state index in [9.17, 15) is 4.79 Å². The highest BCUT2D eigenvalue weighted by Gasteiger charge is 2.25. The van der Waals surface area contributed by atoms with E-state index in [1.165, 1.54) is 18.4 Å². The summed E-state index contributed by atoms with van der Waals surface area (Å²) in [4.78, 5) is 18.1. The third-order valence-electron chi connectivity index (χ3n) is 5.98. The summed E-state index contributed by atoms with van der Waals surface area (Å²) in [5, 5.41) is 5.25. The fraction of sp³-hybridized carbons (Fsp3) is 0.360. The smallest absolute Gasteiger partial charge is 0.253 e. The van der Waals surface area contributed by atoms with Crippen molar-refractivity contribution in [3.8, 4) is 0 Å². The quantitative estimate of drug-likeness (QED) is 0.569. The molecule has 0 aliphatic heterocycles. The minimum atomic E-state index is -0.0248. The first-order chi connectivity index (χ1) is 14.6. The standard InChI is InChI=1S/C25H29N3OS/c1-18-11-12-20-16-21(24(29)27-23(20)15-18)17-28(22-9-5-6-10-22)25(30)26-14-13-19-7-3-2-4-8-19/h2-4,7-8,11-12,15-16,22H,5-6,9-10,13-14,17H2,1H3,(H,26,30)(H,27,29). The van der Waals surface area contributed by atoms with E-state index in [0.29, 0.717) is 12.6 Å². The summed E-state index contributed by atoms with van der Waals surface area (Å²) >= 11 is 5.79. The van der Waals surface area contributed by atoms with E-state index in [2.05, 4.69) is 51.6 Å². The minimum Gasteiger partial charge on any atom is -0.362 e. The molecule has 1 saturated carbocycles. The first kappa shape index (κ1) is 20.6. The van der Waals surface area contributed by atoms with Crippen LogP contribution in [0.1, 0.15) is 42.4 Å². The third kappa shape index (κ3) is 4.90. The number of thiocarbonyl (C=S) groups is 1. The highest BCUT2D eigenvalue weighted by molar-refractivity contribution is 7.80. The molecular formula is C25H29N3OS. The number of hydrogen-bond acceptors (Lipinski definition) is 2. The monoisotopic (exact) mass is 419 g/mol. The predicted octanol–water partition coefficient (Wildman–Crippen LogP) is 4.70. The summed E-state index contributed by atoms with van der Waals surface area (Å²) in [6.45, 7) is 3.37. The second-order valence-electron chi connectivity index (χ2n) is 8.25. The summed E-state index contributed by atoms with van der Waals surface area (Å²) in [6, 6.07) is 19.0. The summed E-state index contributed by atoms with van der Waals surface area (Å²) in [5.41, 5.74) is 4.07. The second kappa shape index (κ2) is 9.43. The summed E-state index contributed by atoms with van der Waals surface area (Å²) < 4.78 is 0. The molecule has 4 rings (SSSR count). The van der Waals surface area contributed by atoms with Crippen LogP contribution in [0, 0.1) is 6.92 Å². The maximum atomic E-state index is 12.8. The van der Waals surface area contributed by atoms with E-state index in [-0.39, 0.29) is 5.56 Å². The minimum absolute atomic E-state index is 0.0248. The summed E-state index contributed by atoms with van der Waals surface area (Å²) in [6.07, 6.45) is 5.63. The lowest BCUT2D eigenvalue weighted by Crippen LogP contribution is -2.45. The highest BCUT2D eigenvalue weighted by atomic mass is 32.1. The van der Waals surface area contributed by atoms with E-state index in [1.54, 1.807) is 0 Å². The zero-order chi connectivity index (χ0) is 20.9. The third-order valence-corrected chi connectivity index (χ3v) is 6.36. The van der Waals surface area contributed by atoms with Crippen LogP contribution >= 0.6 is 12.2 Å². The molecule has 0 bridgehead atoms. The van der Waals surface area contributed by atoms with Crippen molar-refractivity contribution in [3.05, 3.63) is 81.6 Å². The number of aromatic nitrogens is 1. The fourth-order valence-corrected chi connectivity index (χ4v) is 4.62. The lowest BCUT2D eigenvalue weighted by Gasteiger charge is -2.31. The number of pyridine rings is 1. The van der Waals surface area contributed by atoms with Gasteiger partial charge in [-0.2, -0.15) is 0 Å². The zero-order valence-corrected chi connectivity index (χ0v) is 18.3. The fourth-order valence-electron chi connectivity index (χ4n) is 4.30. The molecule has 0 amide bonds. The molecule has 1 aliphatic rings. The number of aromatic amines is 1. The van der Waals surface area contributed by atoms with E-state index in [1.807, 2.05) is 25.1 Å². The topological polar surface area (TPSA) is 48.1 Å². The van der Waals surface area contributed by atoms with Crippen molar-refractivity contribution < 1.29 is 0 Å². The van der Waals surface area contributed by atoms with Crippen LogP contribution in [0.4, 0.5) is 0 Å². The molecule has 5 heteroatoms. The Morgan fingerprint density at radius 2 is 1.90 bits per heavy atom. The van der Waals surface area contributed by atoms with Gasteiger partial charge in [0.05, 0.1) is 6.54 Å². The van der Waals surface area contributed by atoms with Crippen molar-refractivity contribution in [1.82, 2.24) is 15.2 Å². The Balaban J connectivity index is 1.50. The van der Waals surface area contributed by atoms with Gasteiger partial charge in [-0.25, -0.2) is 0 Å². The van der Waals surface area contributed by atoms with Crippen molar-refractivity contribution in [2.75, 3.05) is 6.54 Å². The van der Waals surface area contributed by atoms with Gasteiger partial charge in [0.1, 0.15) is 0 Å². The summed E-state index contributed by atoms with van der Waals surface area (Å²) in [5.74, 6) is 0. The Labute approximate surface area is 183 Å². The lowest BCUT2D eigenvalue weighted by molar-refractivity contribution is 0.302. The molecule has 0 spiro atoms. The molecule has 1 fully saturated rings. The van der Waals surface area contributed by atoms with Crippen LogP contribution in [-0.4, -0.2) is 27.6 Å². The van der Waals surface area contributed by atoms with Crippen LogP contribution in [0.5, 0.6) is 0 Å². The Bertz CT molecular complexity index is 1070. The number of fused-ring (bicyclic) bond motifs is 1. The molecular weight excluding hydrogens is 390 g/mol. The molecule has 4 nitrogen and oxygen atoms in total. The molecule has 2 N–H and O–H groups in total. The Morgan fingerprint density at radius 3 is 2.67 bits per heavy atom. The van der Waals surface area contributed by atoms with E-state index in [4.69, 9.17) is 12.2 Å². The van der Waals surface area contributed by atoms with Gasteiger partial charge in [0.25, 0.3) is 5.56 Å². The van der Waals surface area contributed by atoms with E-state index >= 15 is 0 Å². The van der Waals surface area contributed by atoms with Gasteiger partial charge >= 0.3 is 0 Å². The molecule has 1 heterocycles. The second-order valence-corrected chi connectivity index (χ2v) is 8.63. The number of hydrogen-bond donors (Lipinski definition) is 2. The Hall–Kier alpha value is -2.66. The van der Waals surface area contributed by atoms with Crippen molar-refractivity contribution in [3.63, 3.8) is 0 Å². The number of H-pyrrole nitrogens is 1. The molecule has 30 heavy (non-hydrogen) atoms. The number of rotatable bonds is 6. The molecule has 0 unspecified atom stereocenters. The van der Waals surface area contributed by atoms with E-state index < -0.39 is 0 Å². The van der Waals surface area contributed by atoms with E-state index in [0.717, 1.165) is 52.9 Å². The molecule has 3 aromatic rings. The maximum absolute atomic E-state index is 12.8. The van der Waals surface area contributed by atoms with Crippen LogP contribution in [-0.2, 0) is 13.0 Å². The maximum Gasteiger partial charge on any atom is 0.253 e. The number of nitrogens with one attached hydrogen (secondary N) is 2. The number of benzene rings is 2. The Morgan fingerprint density at radius 1 is 1.13 bits per heavy atom. The highest BCUT2D eigenvalue weighted by Crippen LogP contribution is 2.25. The van der Waals surface area contributed by atoms with Crippen LogP contribution in [0.15, 0.2) is 59.4 Å². The molecule has 2 aromatic carbocycles. The van der Waals surface area contributed by atoms with Crippen molar-refractivity contribution in [1.29, 1.82) is 0 Å². The molecule has 156 valence electrons. The molecule has 0 atom stereocenters. The normalized spacial score (nSPS) is 14.2. The average Bonchev–Trinajstić information content (AvgIpc) is 3.27. The first-order valence-corrected chi connectivity index (χ1v) is 11.2. The predicted molar refractivity (Wildman–Crippen MR) is 128 cm³/mol. The largest absolute Gasteiger partial charge is 0.362 e. The molecule has 0 saturated heterocycles. The van der Waals surface area contributed by atoms with Crippen LogP contribution < -0.4 is 10.9 Å². The van der Waals surface area contributed by atoms with Crippen LogP contribution in [0.25, 0.3) is 10.9 Å². The van der Waals surface area contributed by atoms with Crippen molar-refractivity contribution in [2.24, 2.45) is 0 Å². The van der Waals surface area contributed by atoms with Crippen molar-refractivity contribution in [2.45, 2.75) is 51.6 Å². The van der Waals surface area contributed by atoms with Gasteiger partial charge < -0.3 is 15.2 Å². The van der Waals surface area contributed by atoms with Gasteiger partial charge in [0.15, 0.2) is 5.11 Å². The van der Waals surface area contributed by atoms with Gasteiger partial charge in [-0.05, 0) is 67.0 Å². The molecule has 1 aliphatic carbocycles. The van der Waals surface area contributed by atoms with Gasteiger partial charge in [0.2, 0.25) is 0 Å². The first-order valence-electron chi connectivity index (χ1n) is 10.8. The van der Waals surface area contributed by atoms with Gasteiger partial charge in [0, 0.05) is 23.7 Å². The molecule has 0 radical (unpaired) electrons. The molecule has 1 aromatic heterocycles. The number of aryl methyl sites for hydroxylation is 1. The zero-order valence-electron chi connectivity index (χ0n) is 17.5. The van der Waals surface area contributed by atoms with Crippen molar-refractivity contribution >= 4 is 28.2 Å². The van der Waals surface area contributed by atoms with Gasteiger partial charge in [-0.1, -0.05) is 55.3 Å². The van der Waals surface area contributed by atoms with Crippen LogP contribution in [0.2, 0.25) is 0 Å². The number of nitrogens with zero attached hydrogens (tertiary/aromatic N) is 1. The SMILES string of the molecule is Cc1ccc2cc(CN(C(=S)NCCc3ccccc3)C3CCCC3)c(=O)[nH]c2c1. The Kier molecular flexibility index (Phi) is 6.48. The average molecular weight is 420 g/mol.